The molecule has 0 aromatic carbocycles. The Balaban J connectivity index is 0.00000144. The molecule has 5 nitrogen and oxygen atoms in total. The van der Waals surface area contributed by atoms with Crippen LogP contribution in [0.3, 0.4) is 0 Å². The lowest BCUT2D eigenvalue weighted by molar-refractivity contribution is -0.120. The highest BCUT2D eigenvalue weighted by Gasteiger charge is 2.30. The average molecular weight is 258 g/mol. The third-order valence-corrected chi connectivity index (χ3v) is 2.93. The standard InChI is InChI=1S/C11H15N3O2.ClH/c12-8-4-1-3-7(8)11(16)14-10-9(15)5-2-6-13-10;/h2,5-8,15H,1,3-4,12H2,(H,13,14,16);1H. The molecule has 1 aromatic rings. The topological polar surface area (TPSA) is 88.2 Å². The SMILES string of the molecule is Cl.NC1CCCC1C(=O)Nc1ncccc1O. The normalized spacial score (nSPS) is 22.9. The summed E-state index contributed by atoms with van der Waals surface area (Å²) >= 11 is 0. The van der Waals surface area contributed by atoms with Gasteiger partial charge in [0.1, 0.15) is 0 Å². The van der Waals surface area contributed by atoms with Crippen LogP contribution in [0.25, 0.3) is 0 Å². The van der Waals surface area contributed by atoms with E-state index in [4.69, 9.17) is 5.73 Å². The molecule has 0 aliphatic heterocycles. The molecule has 1 aromatic heterocycles. The van der Waals surface area contributed by atoms with Crippen molar-refractivity contribution in [2.24, 2.45) is 11.7 Å². The van der Waals surface area contributed by atoms with Crippen molar-refractivity contribution in [2.75, 3.05) is 5.32 Å². The fourth-order valence-electron chi connectivity index (χ4n) is 2.02. The maximum atomic E-state index is 11.8. The van der Waals surface area contributed by atoms with E-state index < -0.39 is 0 Å². The van der Waals surface area contributed by atoms with E-state index in [1.165, 1.54) is 12.3 Å². The van der Waals surface area contributed by atoms with Gasteiger partial charge < -0.3 is 16.2 Å². The minimum absolute atomic E-state index is 0. The minimum atomic E-state index is -0.165. The molecule has 94 valence electrons. The number of halogens is 1. The largest absolute Gasteiger partial charge is 0.504 e. The highest BCUT2D eigenvalue weighted by atomic mass is 35.5. The van der Waals surface area contributed by atoms with E-state index >= 15 is 0 Å². The number of pyridine rings is 1. The summed E-state index contributed by atoms with van der Waals surface area (Å²) in [6.07, 6.45) is 4.18. The molecule has 1 amide bonds. The van der Waals surface area contributed by atoms with E-state index in [0.29, 0.717) is 0 Å². The van der Waals surface area contributed by atoms with Crippen molar-refractivity contribution in [3.8, 4) is 5.75 Å². The second kappa shape index (κ2) is 5.84. The van der Waals surface area contributed by atoms with E-state index in [0.717, 1.165) is 19.3 Å². The van der Waals surface area contributed by atoms with Gasteiger partial charge in [0.05, 0.1) is 5.92 Å². The number of nitrogens with two attached hydrogens (primary N) is 1. The molecular formula is C11H16ClN3O2. The lowest BCUT2D eigenvalue weighted by Crippen LogP contribution is -2.34. The van der Waals surface area contributed by atoms with Gasteiger partial charge in [0.15, 0.2) is 11.6 Å². The van der Waals surface area contributed by atoms with Gasteiger partial charge >= 0.3 is 0 Å². The van der Waals surface area contributed by atoms with Crippen molar-refractivity contribution < 1.29 is 9.90 Å². The summed E-state index contributed by atoms with van der Waals surface area (Å²) < 4.78 is 0. The van der Waals surface area contributed by atoms with Gasteiger partial charge in [-0.3, -0.25) is 4.79 Å². The Morgan fingerprint density at radius 3 is 2.88 bits per heavy atom. The van der Waals surface area contributed by atoms with Crippen LogP contribution in [0.4, 0.5) is 5.82 Å². The fourth-order valence-corrected chi connectivity index (χ4v) is 2.02. The van der Waals surface area contributed by atoms with Crippen LogP contribution in [0.15, 0.2) is 18.3 Å². The number of nitrogens with one attached hydrogen (secondary N) is 1. The first-order chi connectivity index (χ1) is 7.68. The van der Waals surface area contributed by atoms with Gasteiger partial charge in [-0.05, 0) is 25.0 Å². The number of aromatic nitrogens is 1. The van der Waals surface area contributed by atoms with E-state index in [2.05, 4.69) is 10.3 Å². The summed E-state index contributed by atoms with van der Waals surface area (Å²) in [5.74, 6) is -0.144. The van der Waals surface area contributed by atoms with E-state index in [9.17, 15) is 9.90 Å². The van der Waals surface area contributed by atoms with Crippen LogP contribution < -0.4 is 11.1 Å². The Morgan fingerprint density at radius 2 is 2.29 bits per heavy atom. The molecule has 0 bridgehead atoms. The van der Waals surface area contributed by atoms with Crippen LogP contribution >= 0.6 is 12.4 Å². The molecule has 2 unspecified atom stereocenters. The number of aromatic hydroxyl groups is 1. The molecule has 0 spiro atoms. The molecule has 2 atom stereocenters. The summed E-state index contributed by atoms with van der Waals surface area (Å²) in [5.41, 5.74) is 5.83. The summed E-state index contributed by atoms with van der Waals surface area (Å²) in [7, 11) is 0. The first kappa shape index (κ1) is 13.7. The van der Waals surface area contributed by atoms with Gasteiger partial charge in [0.2, 0.25) is 5.91 Å². The van der Waals surface area contributed by atoms with Crippen molar-refractivity contribution >= 4 is 24.1 Å². The molecule has 4 N–H and O–H groups in total. The number of rotatable bonds is 2. The Morgan fingerprint density at radius 1 is 1.53 bits per heavy atom. The summed E-state index contributed by atoms with van der Waals surface area (Å²) in [6, 6.07) is 3.01. The van der Waals surface area contributed by atoms with Crippen molar-refractivity contribution in [3.63, 3.8) is 0 Å². The number of carbonyl (C=O) groups excluding carboxylic acids is 1. The number of anilines is 1. The summed E-state index contributed by atoms with van der Waals surface area (Å²) in [4.78, 5) is 15.7. The van der Waals surface area contributed by atoms with Gasteiger partial charge in [-0.1, -0.05) is 6.42 Å². The quantitative estimate of drug-likeness (QED) is 0.745. The summed E-state index contributed by atoms with van der Waals surface area (Å²) in [6.45, 7) is 0. The smallest absolute Gasteiger partial charge is 0.230 e. The molecule has 2 rings (SSSR count). The monoisotopic (exact) mass is 257 g/mol. The number of amides is 1. The molecule has 0 saturated heterocycles. The van der Waals surface area contributed by atoms with Crippen LogP contribution in [-0.4, -0.2) is 22.0 Å². The lowest BCUT2D eigenvalue weighted by Gasteiger charge is -2.14. The maximum Gasteiger partial charge on any atom is 0.230 e. The van der Waals surface area contributed by atoms with Crippen molar-refractivity contribution in [1.82, 2.24) is 4.98 Å². The van der Waals surface area contributed by atoms with Gasteiger partial charge in [0.25, 0.3) is 0 Å². The number of carbonyl (C=O) groups is 1. The molecule has 1 fully saturated rings. The van der Waals surface area contributed by atoms with Crippen LogP contribution in [-0.2, 0) is 4.79 Å². The zero-order valence-electron chi connectivity index (χ0n) is 9.30. The maximum absolute atomic E-state index is 11.8. The molecule has 0 radical (unpaired) electrons. The fraction of sp³-hybridized carbons (Fsp3) is 0.455. The predicted octanol–water partition coefficient (Wildman–Crippen LogP) is 1.27. The predicted molar refractivity (Wildman–Crippen MR) is 67.1 cm³/mol. The first-order valence-electron chi connectivity index (χ1n) is 5.39. The Bertz CT molecular complexity index is 400. The van der Waals surface area contributed by atoms with Crippen molar-refractivity contribution in [2.45, 2.75) is 25.3 Å². The highest BCUT2D eigenvalue weighted by molar-refractivity contribution is 5.93. The third-order valence-electron chi connectivity index (χ3n) is 2.93. The zero-order valence-corrected chi connectivity index (χ0v) is 10.1. The van der Waals surface area contributed by atoms with Crippen molar-refractivity contribution in [1.29, 1.82) is 0 Å². The highest BCUT2D eigenvalue weighted by Crippen LogP contribution is 2.26. The summed E-state index contributed by atoms with van der Waals surface area (Å²) in [5, 5.41) is 12.1. The van der Waals surface area contributed by atoms with Gasteiger partial charge in [0, 0.05) is 12.2 Å². The molecule has 1 saturated carbocycles. The lowest BCUT2D eigenvalue weighted by atomic mass is 10.0. The number of hydrogen-bond acceptors (Lipinski definition) is 4. The zero-order chi connectivity index (χ0) is 11.5. The first-order valence-corrected chi connectivity index (χ1v) is 5.39. The van der Waals surface area contributed by atoms with E-state index in [1.54, 1.807) is 6.07 Å². The Hall–Kier alpha value is -1.33. The Labute approximate surface area is 106 Å². The molecule has 1 heterocycles. The molecule has 1 aliphatic rings. The second-order valence-electron chi connectivity index (χ2n) is 4.06. The molecule has 1 aliphatic carbocycles. The third kappa shape index (κ3) is 3.08. The van der Waals surface area contributed by atoms with Gasteiger partial charge in [-0.2, -0.15) is 0 Å². The molecule has 6 heteroatoms. The molecule has 17 heavy (non-hydrogen) atoms. The van der Waals surface area contributed by atoms with Crippen molar-refractivity contribution in [3.05, 3.63) is 18.3 Å². The van der Waals surface area contributed by atoms with Gasteiger partial charge in [-0.15, -0.1) is 12.4 Å². The van der Waals surface area contributed by atoms with Crippen LogP contribution in [0.1, 0.15) is 19.3 Å². The number of hydrogen-bond donors (Lipinski definition) is 3. The van der Waals surface area contributed by atoms with Crippen LogP contribution in [0.2, 0.25) is 0 Å². The van der Waals surface area contributed by atoms with E-state index in [1.807, 2.05) is 0 Å². The van der Waals surface area contributed by atoms with Crippen LogP contribution in [0, 0.1) is 5.92 Å². The minimum Gasteiger partial charge on any atom is -0.504 e. The average Bonchev–Trinajstić information content (AvgIpc) is 2.68. The van der Waals surface area contributed by atoms with Crippen LogP contribution in [0.5, 0.6) is 5.75 Å². The Kier molecular flexibility index (Phi) is 4.72. The second-order valence-corrected chi connectivity index (χ2v) is 4.06. The molecular weight excluding hydrogens is 242 g/mol. The number of nitrogens with zero attached hydrogens (tertiary/aromatic N) is 1. The van der Waals surface area contributed by atoms with Gasteiger partial charge in [-0.25, -0.2) is 4.98 Å². The van der Waals surface area contributed by atoms with E-state index in [-0.39, 0.29) is 41.8 Å².